The third-order valence-corrected chi connectivity index (χ3v) is 4.34. The molecule has 0 bridgehead atoms. The molecule has 0 unspecified atom stereocenters. The van der Waals surface area contributed by atoms with E-state index in [-0.39, 0.29) is 5.69 Å². The first-order chi connectivity index (χ1) is 12.9. The SMILES string of the molecule is Cc1c(-c2nn[nH]c2C#N)oc2cc(-c3cccc(C(F)(F)F)c3)ccc12. The highest BCUT2D eigenvalue weighted by atomic mass is 19.4. The standard InChI is InChI=1S/C19H11F3N4O/c1-10-14-6-5-12(11-3-2-4-13(7-11)19(20,21)22)8-16(14)27-18(10)17-15(9-23)24-26-25-17/h2-8H,1H3,(H,24,25,26). The molecule has 5 nitrogen and oxygen atoms in total. The van der Waals surface area contributed by atoms with E-state index in [1.807, 2.05) is 13.0 Å². The number of furan rings is 1. The van der Waals surface area contributed by atoms with Gasteiger partial charge in [0.25, 0.3) is 0 Å². The van der Waals surface area contributed by atoms with Crippen molar-refractivity contribution >= 4 is 11.0 Å². The lowest BCUT2D eigenvalue weighted by Crippen LogP contribution is -2.04. The molecule has 0 spiro atoms. The van der Waals surface area contributed by atoms with Crippen LogP contribution in [0.5, 0.6) is 0 Å². The molecule has 2 heterocycles. The molecule has 4 aromatic rings. The van der Waals surface area contributed by atoms with Gasteiger partial charge in [-0.2, -0.15) is 18.4 Å². The molecule has 0 saturated carbocycles. The van der Waals surface area contributed by atoms with Crippen LogP contribution in [-0.2, 0) is 6.18 Å². The molecule has 0 radical (unpaired) electrons. The molecule has 4 rings (SSSR count). The third-order valence-electron chi connectivity index (χ3n) is 4.34. The van der Waals surface area contributed by atoms with Gasteiger partial charge in [0.05, 0.1) is 5.56 Å². The Bertz CT molecular complexity index is 1200. The van der Waals surface area contributed by atoms with Crippen molar-refractivity contribution in [1.82, 2.24) is 15.4 Å². The van der Waals surface area contributed by atoms with Crippen LogP contribution in [0, 0.1) is 18.3 Å². The van der Waals surface area contributed by atoms with E-state index in [2.05, 4.69) is 15.4 Å². The molecule has 0 fully saturated rings. The number of rotatable bonds is 2. The average Bonchev–Trinajstić information content (AvgIpc) is 3.25. The maximum Gasteiger partial charge on any atom is 0.416 e. The Kier molecular flexibility index (Phi) is 3.73. The fourth-order valence-electron chi connectivity index (χ4n) is 2.97. The first-order valence-corrected chi connectivity index (χ1v) is 7.91. The molecule has 2 aromatic carbocycles. The van der Waals surface area contributed by atoms with Gasteiger partial charge in [-0.1, -0.05) is 29.5 Å². The number of nitrogens with one attached hydrogen (secondary N) is 1. The second-order valence-electron chi connectivity index (χ2n) is 5.99. The molecule has 27 heavy (non-hydrogen) atoms. The van der Waals surface area contributed by atoms with Crippen LogP contribution < -0.4 is 0 Å². The van der Waals surface area contributed by atoms with Crippen molar-refractivity contribution in [3.8, 4) is 28.7 Å². The fraction of sp³-hybridized carbons (Fsp3) is 0.105. The Morgan fingerprint density at radius 1 is 1.11 bits per heavy atom. The summed E-state index contributed by atoms with van der Waals surface area (Å²) in [6.45, 7) is 1.82. The lowest BCUT2D eigenvalue weighted by Gasteiger charge is -2.08. The summed E-state index contributed by atoms with van der Waals surface area (Å²) >= 11 is 0. The van der Waals surface area contributed by atoms with Crippen LogP contribution in [0.2, 0.25) is 0 Å². The molecule has 2 aromatic heterocycles. The van der Waals surface area contributed by atoms with Gasteiger partial charge in [0.2, 0.25) is 0 Å². The number of halogens is 3. The van der Waals surface area contributed by atoms with Crippen molar-refractivity contribution in [3.05, 3.63) is 59.3 Å². The largest absolute Gasteiger partial charge is 0.454 e. The zero-order valence-corrected chi connectivity index (χ0v) is 13.9. The summed E-state index contributed by atoms with van der Waals surface area (Å²) in [5.74, 6) is 0.400. The Balaban J connectivity index is 1.84. The average molecular weight is 368 g/mol. The van der Waals surface area contributed by atoms with E-state index in [0.717, 1.165) is 23.1 Å². The number of aromatic amines is 1. The molecule has 134 valence electrons. The highest BCUT2D eigenvalue weighted by Crippen LogP contribution is 2.36. The molecule has 0 saturated heterocycles. The summed E-state index contributed by atoms with van der Waals surface area (Å²) in [7, 11) is 0. The number of H-pyrrole nitrogens is 1. The highest BCUT2D eigenvalue weighted by Gasteiger charge is 2.30. The lowest BCUT2D eigenvalue weighted by atomic mass is 10.0. The summed E-state index contributed by atoms with van der Waals surface area (Å²) < 4.78 is 44.7. The first-order valence-electron chi connectivity index (χ1n) is 7.91. The number of benzene rings is 2. The van der Waals surface area contributed by atoms with Gasteiger partial charge in [0.15, 0.2) is 17.1 Å². The predicted molar refractivity (Wildman–Crippen MR) is 91.5 cm³/mol. The van der Waals surface area contributed by atoms with E-state index in [4.69, 9.17) is 9.68 Å². The van der Waals surface area contributed by atoms with Gasteiger partial charge >= 0.3 is 6.18 Å². The van der Waals surface area contributed by atoms with Crippen LogP contribution in [0.3, 0.4) is 0 Å². The second-order valence-corrected chi connectivity index (χ2v) is 5.99. The zero-order valence-electron chi connectivity index (χ0n) is 13.9. The van der Waals surface area contributed by atoms with E-state index in [1.165, 1.54) is 6.07 Å². The van der Waals surface area contributed by atoms with Gasteiger partial charge in [-0.05, 0) is 36.2 Å². The number of hydrogen-bond donors (Lipinski definition) is 1. The van der Waals surface area contributed by atoms with Crippen LogP contribution in [-0.4, -0.2) is 15.4 Å². The Hall–Kier alpha value is -3.60. The molecule has 1 N–H and O–H groups in total. The third kappa shape index (κ3) is 2.83. The molecule has 0 amide bonds. The molecule has 0 atom stereocenters. The first kappa shape index (κ1) is 16.8. The van der Waals surface area contributed by atoms with Crippen molar-refractivity contribution in [1.29, 1.82) is 5.26 Å². The maximum atomic E-state index is 13.0. The van der Waals surface area contributed by atoms with Crippen molar-refractivity contribution in [2.75, 3.05) is 0 Å². The molecule has 0 aliphatic carbocycles. The molecule has 0 aliphatic rings. The van der Waals surface area contributed by atoms with Gasteiger partial charge < -0.3 is 4.42 Å². The van der Waals surface area contributed by atoms with Crippen molar-refractivity contribution in [2.24, 2.45) is 0 Å². The number of alkyl halides is 3. The Labute approximate surface area is 151 Å². The van der Waals surface area contributed by atoms with Gasteiger partial charge in [0, 0.05) is 10.9 Å². The number of aryl methyl sites for hydroxylation is 1. The van der Waals surface area contributed by atoms with Crippen LogP contribution in [0.1, 0.15) is 16.8 Å². The Morgan fingerprint density at radius 3 is 2.63 bits per heavy atom. The predicted octanol–water partition coefficient (Wildman–Crippen LogP) is 5.08. The number of aromatic nitrogens is 3. The van der Waals surface area contributed by atoms with Crippen LogP contribution in [0.4, 0.5) is 13.2 Å². The minimum Gasteiger partial charge on any atom is -0.454 e. The van der Waals surface area contributed by atoms with Crippen molar-refractivity contribution < 1.29 is 17.6 Å². The number of fused-ring (bicyclic) bond motifs is 1. The number of hydrogen-bond acceptors (Lipinski definition) is 4. The van der Waals surface area contributed by atoms with E-state index in [0.29, 0.717) is 28.2 Å². The lowest BCUT2D eigenvalue weighted by molar-refractivity contribution is -0.137. The van der Waals surface area contributed by atoms with E-state index in [1.54, 1.807) is 24.3 Å². The van der Waals surface area contributed by atoms with Crippen molar-refractivity contribution in [3.63, 3.8) is 0 Å². The molecule has 0 aliphatic heterocycles. The molecular formula is C19H11F3N4O. The number of nitriles is 1. The maximum absolute atomic E-state index is 13.0. The summed E-state index contributed by atoms with van der Waals surface area (Å²) in [5.41, 5.74) is 2.05. The summed E-state index contributed by atoms with van der Waals surface area (Å²) in [6.07, 6.45) is -4.41. The van der Waals surface area contributed by atoms with Gasteiger partial charge in [-0.3, -0.25) is 0 Å². The quantitative estimate of drug-likeness (QED) is 0.535. The van der Waals surface area contributed by atoms with E-state index < -0.39 is 11.7 Å². The van der Waals surface area contributed by atoms with Gasteiger partial charge in [-0.15, -0.1) is 5.10 Å². The minimum atomic E-state index is -4.41. The number of nitrogens with zero attached hydrogens (tertiary/aromatic N) is 3. The summed E-state index contributed by atoms with van der Waals surface area (Å²) in [4.78, 5) is 0. The molecular weight excluding hydrogens is 357 g/mol. The summed E-state index contributed by atoms with van der Waals surface area (Å²) in [6, 6.07) is 12.3. The van der Waals surface area contributed by atoms with Gasteiger partial charge in [0.1, 0.15) is 11.7 Å². The Morgan fingerprint density at radius 2 is 1.89 bits per heavy atom. The fourth-order valence-corrected chi connectivity index (χ4v) is 2.97. The highest BCUT2D eigenvalue weighted by molar-refractivity contribution is 5.90. The monoisotopic (exact) mass is 368 g/mol. The van der Waals surface area contributed by atoms with Crippen molar-refractivity contribution in [2.45, 2.75) is 13.1 Å². The van der Waals surface area contributed by atoms with Crippen LogP contribution in [0.25, 0.3) is 33.6 Å². The summed E-state index contributed by atoms with van der Waals surface area (Å²) in [5, 5.41) is 19.9. The van der Waals surface area contributed by atoms with E-state index >= 15 is 0 Å². The van der Waals surface area contributed by atoms with E-state index in [9.17, 15) is 13.2 Å². The minimum absolute atomic E-state index is 0.176. The van der Waals surface area contributed by atoms with Crippen LogP contribution >= 0.6 is 0 Å². The second kappa shape index (κ2) is 5.99. The topological polar surface area (TPSA) is 78.5 Å². The normalized spacial score (nSPS) is 11.7. The van der Waals surface area contributed by atoms with Gasteiger partial charge in [-0.25, -0.2) is 5.10 Å². The van der Waals surface area contributed by atoms with Crippen LogP contribution in [0.15, 0.2) is 46.9 Å². The zero-order chi connectivity index (χ0) is 19.2. The smallest absolute Gasteiger partial charge is 0.416 e. The molecule has 8 heteroatoms.